The Kier molecular flexibility index (Phi) is 6.77. The zero-order valence-corrected chi connectivity index (χ0v) is 17.8. The lowest BCUT2D eigenvalue weighted by Gasteiger charge is -2.30. The fourth-order valence-corrected chi connectivity index (χ4v) is 3.60. The number of fused-ring (bicyclic) bond motifs is 1. The molecule has 2 N–H and O–H groups in total. The molecular formula is C21H23ClFN5O3. The highest BCUT2D eigenvalue weighted by atomic mass is 35.5. The summed E-state index contributed by atoms with van der Waals surface area (Å²) in [5.74, 6) is 0.184. The van der Waals surface area contributed by atoms with Crippen molar-refractivity contribution in [3.63, 3.8) is 0 Å². The van der Waals surface area contributed by atoms with E-state index in [9.17, 15) is 9.18 Å². The van der Waals surface area contributed by atoms with Gasteiger partial charge in [0.15, 0.2) is 0 Å². The molecule has 0 radical (unpaired) electrons. The number of morpholine rings is 1. The Morgan fingerprint density at radius 1 is 1.42 bits per heavy atom. The Hall–Kier alpha value is -2.59. The molecule has 0 saturated carbocycles. The molecule has 1 aliphatic rings. The second kappa shape index (κ2) is 9.69. The van der Waals surface area contributed by atoms with Crippen LogP contribution in [0.15, 0.2) is 35.3 Å². The Morgan fingerprint density at radius 3 is 3.10 bits per heavy atom. The molecule has 2 aromatic heterocycles. The fourth-order valence-electron chi connectivity index (χ4n) is 3.42. The molecule has 164 valence electrons. The number of likely N-dealkylation sites (N-methyl/N-ethyl adjacent to an activating group) is 1. The van der Waals surface area contributed by atoms with Crippen molar-refractivity contribution in [2.45, 2.75) is 19.3 Å². The summed E-state index contributed by atoms with van der Waals surface area (Å²) >= 11 is 5.78. The van der Waals surface area contributed by atoms with Crippen LogP contribution in [0.4, 0.5) is 4.39 Å². The van der Waals surface area contributed by atoms with Crippen molar-refractivity contribution in [1.29, 1.82) is 0 Å². The van der Waals surface area contributed by atoms with E-state index < -0.39 is 5.82 Å². The van der Waals surface area contributed by atoms with E-state index in [0.29, 0.717) is 41.3 Å². The molecule has 10 heteroatoms. The van der Waals surface area contributed by atoms with Crippen molar-refractivity contribution in [3.8, 4) is 5.75 Å². The van der Waals surface area contributed by atoms with Crippen LogP contribution in [-0.2, 0) is 17.9 Å². The predicted molar refractivity (Wildman–Crippen MR) is 115 cm³/mol. The van der Waals surface area contributed by atoms with Gasteiger partial charge in [0.05, 0.1) is 28.8 Å². The zero-order chi connectivity index (χ0) is 21.8. The maximum absolute atomic E-state index is 13.3. The van der Waals surface area contributed by atoms with Gasteiger partial charge < -0.3 is 24.7 Å². The maximum atomic E-state index is 13.3. The number of benzene rings is 1. The Morgan fingerprint density at radius 2 is 2.29 bits per heavy atom. The summed E-state index contributed by atoms with van der Waals surface area (Å²) in [5.41, 5.74) is 0.900. The van der Waals surface area contributed by atoms with Crippen LogP contribution in [0, 0.1) is 5.82 Å². The minimum absolute atomic E-state index is 0.00282. The minimum atomic E-state index is -0.528. The normalized spacial score (nSPS) is 17.2. The first-order chi connectivity index (χ1) is 15.0. The van der Waals surface area contributed by atoms with Gasteiger partial charge in [0, 0.05) is 38.4 Å². The smallest absolute Gasteiger partial charge is 0.258 e. The molecule has 1 saturated heterocycles. The Bertz CT molecular complexity index is 1130. The quantitative estimate of drug-likeness (QED) is 0.573. The average molecular weight is 448 g/mol. The number of pyridine rings is 1. The lowest BCUT2D eigenvalue weighted by molar-refractivity contribution is -0.0182. The largest absolute Gasteiger partial charge is 0.486 e. The number of ether oxygens (including phenoxy) is 2. The molecular weight excluding hydrogens is 425 g/mol. The molecule has 3 heterocycles. The molecule has 1 atom stereocenters. The van der Waals surface area contributed by atoms with Gasteiger partial charge >= 0.3 is 0 Å². The first-order valence-electron chi connectivity index (χ1n) is 9.95. The summed E-state index contributed by atoms with van der Waals surface area (Å²) in [6.07, 6.45) is 1.70. The number of aromatic amines is 1. The number of H-pyrrole nitrogens is 1. The summed E-state index contributed by atoms with van der Waals surface area (Å²) in [6, 6.07) is 5.68. The highest BCUT2D eigenvalue weighted by molar-refractivity contribution is 6.30. The molecule has 3 aromatic rings. The highest BCUT2D eigenvalue weighted by Gasteiger charge is 2.17. The van der Waals surface area contributed by atoms with E-state index in [-0.39, 0.29) is 23.3 Å². The monoisotopic (exact) mass is 447 g/mol. The van der Waals surface area contributed by atoms with Crippen LogP contribution >= 0.6 is 11.6 Å². The van der Waals surface area contributed by atoms with Crippen molar-refractivity contribution in [1.82, 2.24) is 25.2 Å². The van der Waals surface area contributed by atoms with Gasteiger partial charge in [-0.3, -0.25) is 9.78 Å². The predicted octanol–water partition coefficient (Wildman–Crippen LogP) is 2.11. The molecule has 31 heavy (non-hydrogen) atoms. The molecule has 8 nitrogen and oxygen atoms in total. The topological polar surface area (TPSA) is 92.4 Å². The summed E-state index contributed by atoms with van der Waals surface area (Å²) < 4.78 is 24.7. The van der Waals surface area contributed by atoms with Crippen molar-refractivity contribution in [3.05, 3.63) is 63.2 Å². The number of aromatic nitrogens is 3. The van der Waals surface area contributed by atoms with Crippen molar-refractivity contribution in [2.75, 3.05) is 33.3 Å². The lowest BCUT2D eigenvalue weighted by Crippen LogP contribution is -2.44. The van der Waals surface area contributed by atoms with Gasteiger partial charge in [-0.1, -0.05) is 11.6 Å². The van der Waals surface area contributed by atoms with E-state index in [1.807, 2.05) is 0 Å². The van der Waals surface area contributed by atoms with Crippen LogP contribution < -0.4 is 15.6 Å². The fraction of sp³-hybridized carbons (Fsp3) is 0.381. The van der Waals surface area contributed by atoms with Crippen molar-refractivity contribution in [2.24, 2.45) is 0 Å². The third kappa shape index (κ3) is 5.37. The minimum Gasteiger partial charge on any atom is -0.486 e. The number of rotatable bonds is 7. The van der Waals surface area contributed by atoms with Crippen LogP contribution in [0.1, 0.15) is 11.5 Å². The summed E-state index contributed by atoms with van der Waals surface area (Å²) in [4.78, 5) is 26.4. The van der Waals surface area contributed by atoms with Gasteiger partial charge in [-0.25, -0.2) is 9.37 Å². The average Bonchev–Trinajstić information content (AvgIpc) is 2.75. The van der Waals surface area contributed by atoms with Crippen LogP contribution in [0.2, 0.25) is 5.02 Å². The molecule has 0 amide bonds. The Labute approximate surface area is 183 Å². The molecule has 0 spiro atoms. The molecule has 1 aliphatic heterocycles. The van der Waals surface area contributed by atoms with Crippen molar-refractivity contribution < 1.29 is 13.9 Å². The summed E-state index contributed by atoms with van der Waals surface area (Å²) in [5, 5.41) is 3.76. The van der Waals surface area contributed by atoms with E-state index in [0.717, 1.165) is 19.7 Å². The lowest BCUT2D eigenvalue weighted by atomic mass is 10.2. The maximum Gasteiger partial charge on any atom is 0.258 e. The highest BCUT2D eigenvalue weighted by Crippen LogP contribution is 2.21. The molecule has 0 bridgehead atoms. The molecule has 4 rings (SSSR count). The molecule has 1 aromatic carbocycles. The van der Waals surface area contributed by atoms with E-state index in [4.69, 9.17) is 21.1 Å². The number of hydrogen-bond donors (Lipinski definition) is 2. The first kappa shape index (κ1) is 21.6. The third-order valence-electron chi connectivity index (χ3n) is 5.02. The second-order valence-corrected chi connectivity index (χ2v) is 7.82. The van der Waals surface area contributed by atoms with E-state index in [1.165, 1.54) is 18.2 Å². The first-order valence-corrected chi connectivity index (χ1v) is 10.3. The van der Waals surface area contributed by atoms with E-state index in [2.05, 4.69) is 32.2 Å². The molecule has 0 aliphatic carbocycles. The van der Waals surface area contributed by atoms with Gasteiger partial charge in [-0.15, -0.1) is 0 Å². The van der Waals surface area contributed by atoms with Crippen molar-refractivity contribution >= 4 is 22.5 Å². The molecule has 1 fully saturated rings. The summed E-state index contributed by atoms with van der Waals surface area (Å²) in [6.45, 7) is 3.63. The van der Waals surface area contributed by atoms with E-state index >= 15 is 0 Å². The van der Waals surface area contributed by atoms with Gasteiger partial charge in [-0.2, -0.15) is 0 Å². The summed E-state index contributed by atoms with van der Waals surface area (Å²) in [7, 11) is 2.07. The van der Waals surface area contributed by atoms with Gasteiger partial charge in [0.25, 0.3) is 5.56 Å². The van der Waals surface area contributed by atoms with Crippen LogP contribution in [0.25, 0.3) is 10.9 Å². The number of nitrogens with zero attached hydrogens (tertiary/aromatic N) is 3. The van der Waals surface area contributed by atoms with E-state index in [1.54, 1.807) is 12.3 Å². The van der Waals surface area contributed by atoms with Crippen LogP contribution in [-0.4, -0.2) is 59.2 Å². The van der Waals surface area contributed by atoms with Gasteiger partial charge in [0.1, 0.15) is 29.5 Å². The van der Waals surface area contributed by atoms with Crippen LogP contribution in [0.3, 0.4) is 0 Å². The number of halogens is 2. The zero-order valence-electron chi connectivity index (χ0n) is 17.0. The number of hydrogen-bond acceptors (Lipinski definition) is 7. The second-order valence-electron chi connectivity index (χ2n) is 7.42. The SMILES string of the molecule is CN1CCOC(CNCc2nccc3c(=O)[nH]c(COc4ccc(F)c(Cl)c4)nc23)C1. The van der Waals surface area contributed by atoms with Gasteiger partial charge in [-0.05, 0) is 25.2 Å². The standard InChI is InChI=1S/C21H23ClFN5O3/c1-28-6-7-30-14(11-28)9-24-10-18-20-15(4-5-25-18)21(29)27-19(26-20)12-31-13-2-3-17(23)16(22)8-13/h2-5,8,14,24H,6-7,9-12H2,1H3,(H,26,27,29). The third-order valence-corrected chi connectivity index (χ3v) is 5.31. The van der Waals surface area contributed by atoms with Gasteiger partial charge in [0.2, 0.25) is 0 Å². The molecule has 1 unspecified atom stereocenters. The van der Waals surface area contributed by atoms with Crippen LogP contribution in [0.5, 0.6) is 5.75 Å². The Balaban J connectivity index is 1.47. The number of nitrogens with one attached hydrogen (secondary N) is 2.